The van der Waals surface area contributed by atoms with Gasteiger partial charge in [0, 0.05) is 11.1 Å². The number of hydrogen-bond donors (Lipinski definition) is 2. The first kappa shape index (κ1) is 14.8. The van der Waals surface area contributed by atoms with Gasteiger partial charge in [0.05, 0.1) is 11.4 Å². The number of hydrogen-bond acceptors (Lipinski definition) is 3. The van der Waals surface area contributed by atoms with Crippen LogP contribution in [-0.4, -0.2) is 16.8 Å². The summed E-state index contributed by atoms with van der Waals surface area (Å²) in [4.78, 5) is 12.5. The zero-order valence-electron chi connectivity index (χ0n) is 12.3. The number of amides is 1. The van der Waals surface area contributed by atoms with Crippen molar-refractivity contribution in [2.45, 2.75) is 20.8 Å². The van der Waals surface area contributed by atoms with Gasteiger partial charge in [0.2, 0.25) is 0 Å². The first-order chi connectivity index (χ1) is 10.0. The summed E-state index contributed by atoms with van der Waals surface area (Å²) in [5.74, 6) is -0.163. The Balaban J connectivity index is 2.37. The van der Waals surface area contributed by atoms with Crippen LogP contribution in [0, 0.1) is 13.8 Å². The summed E-state index contributed by atoms with van der Waals surface area (Å²) in [5.41, 5.74) is 4.30. The molecule has 2 aromatic carbocycles. The molecule has 0 unspecified atom stereocenters. The molecule has 0 heterocycles. The molecule has 4 nitrogen and oxygen atoms in total. The molecule has 0 saturated heterocycles. The van der Waals surface area contributed by atoms with Gasteiger partial charge in [0.15, 0.2) is 0 Å². The van der Waals surface area contributed by atoms with Crippen molar-refractivity contribution in [3.8, 4) is 0 Å². The Labute approximate surface area is 124 Å². The molecular formula is C17H18N2O2. The molecule has 0 spiro atoms. The van der Waals surface area contributed by atoms with Crippen LogP contribution in [0.3, 0.4) is 0 Å². The minimum atomic E-state index is -0.163. The molecular weight excluding hydrogens is 264 g/mol. The van der Waals surface area contributed by atoms with E-state index in [-0.39, 0.29) is 5.91 Å². The molecule has 0 aliphatic rings. The van der Waals surface area contributed by atoms with E-state index in [0.29, 0.717) is 22.5 Å². The van der Waals surface area contributed by atoms with Crippen molar-refractivity contribution in [1.29, 1.82) is 0 Å². The summed E-state index contributed by atoms with van der Waals surface area (Å²) < 4.78 is 0. The van der Waals surface area contributed by atoms with Crippen molar-refractivity contribution in [3.63, 3.8) is 0 Å². The highest BCUT2D eigenvalue weighted by atomic mass is 16.4. The van der Waals surface area contributed by atoms with Crippen molar-refractivity contribution in [3.05, 3.63) is 64.7 Å². The van der Waals surface area contributed by atoms with Crippen molar-refractivity contribution in [2.24, 2.45) is 5.16 Å². The van der Waals surface area contributed by atoms with Gasteiger partial charge in [-0.15, -0.1) is 0 Å². The minimum Gasteiger partial charge on any atom is -0.411 e. The molecule has 0 atom stereocenters. The van der Waals surface area contributed by atoms with E-state index >= 15 is 0 Å². The number of para-hydroxylation sites is 1. The zero-order chi connectivity index (χ0) is 15.4. The number of aryl methyl sites for hydroxylation is 2. The van der Waals surface area contributed by atoms with Gasteiger partial charge in [-0.3, -0.25) is 4.79 Å². The molecule has 0 fully saturated rings. The average molecular weight is 282 g/mol. The maximum absolute atomic E-state index is 12.5. The van der Waals surface area contributed by atoms with Crippen LogP contribution in [0.15, 0.2) is 47.6 Å². The van der Waals surface area contributed by atoms with Gasteiger partial charge in [-0.25, -0.2) is 0 Å². The van der Waals surface area contributed by atoms with Crippen LogP contribution in [0.2, 0.25) is 0 Å². The zero-order valence-corrected chi connectivity index (χ0v) is 12.3. The molecule has 0 aliphatic carbocycles. The third-order valence-corrected chi connectivity index (χ3v) is 3.42. The fraction of sp³-hybridized carbons (Fsp3) is 0.176. The van der Waals surface area contributed by atoms with Crippen molar-refractivity contribution in [2.75, 3.05) is 5.32 Å². The van der Waals surface area contributed by atoms with Crippen LogP contribution in [0.4, 0.5) is 5.69 Å². The first-order valence-electron chi connectivity index (χ1n) is 6.70. The van der Waals surface area contributed by atoms with E-state index in [0.717, 1.165) is 11.1 Å². The number of carbonyl (C=O) groups excluding carboxylic acids is 1. The maximum Gasteiger partial charge on any atom is 0.256 e. The largest absolute Gasteiger partial charge is 0.411 e. The highest BCUT2D eigenvalue weighted by molar-refractivity contribution is 6.11. The van der Waals surface area contributed by atoms with E-state index in [1.165, 1.54) is 0 Å². The van der Waals surface area contributed by atoms with Crippen molar-refractivity contribution in [1.82, 2.24) is 0 Å². The lowest BCUT2D eigenvalue weighted by molar-refractivity contribution is 0.102. The van der Waals surface area contributed by atoms with Crippen molar-refractivity contribution < 1.29 is 10.0 Å². The fourth-order valence-electron chi connectivity index (χ4n) is 2.32. The lowest BCUT2D eigenvalue weighted by Gasteiger charge is -2.13. The Hall–Kier alpha value is -2.62. The summed E-state index contributed by atoms with van der Waals surface area (Å²) in [6.07, 6.45) is 0. The predicted molar refractivity (Wildman–Crippen MR) is 84.3 cm³/mol. The van der Waals surface area contributed by atoms with Crippen LogP contribution in [0.1, 0.15) is 34.0 Å². The number of nitrogens with one attached hydrogen (secondary N) is 1. The van der Waals surface area contributed by atoms with E-state index < -0.39 is 0 Å². The smallest absolute Gasteiger partial charge is 0.256 e. The summed E-state index contributed by atoms with van der Waals surface area (Å²) >= 11 is 0. The second-order valence-electron chi connectivity index (χ2n) is 4.95. The van der Waals surface area contributed by atoms with E-state index in [4.69, 9.17) is 5.21 Å². The monoisotopic (exact) mass is 282 g/mol. The van der Waals surface area contributed by atoms with Crippen LogP contribution in [0.25, 0.3) is 0 Å². The lowest BCUT2D eigenvalue weighted by atomic mass is 10.0. The molecule has 2 aromatic rings. The van der Waals surface area contributed by atoms with Crippen LogP contribution >= 0.6 is 0 Å². The number of anilines is 1. The van der Waals surface area contributed by atoms with Gasteiger partial charge < -0.3 is 10.5 Å². The van der Waals surface area contributed by atoms with Crippen LogP contribution < -0.4 is 5.32 Å². The van der Waals surface area contributed by atoms with Crippen molar-refractivity contribution >= 4 is 17.3 Å². The fourth-order valence-corrected chi connectivity index (χ4v) is 2.32. The van der Waals surface area contributed by atoms with Crippen LogP contribution in [-0.2, 0) is 0 Å². The van der Waals surface area contributed by atoms with E-state index in [1.807, 2.05) is 44.2 Å². The maximum atomic E-state index is 12.5. The molecule has 0 bridgehead atoms. The van der Waals surface area contributed by atoms with Crippen LogP contribution in [0.5, 0.6) is 0 Å². The number of benzene rings is 2. The molecule has 108 valence electrons. The van der Waals surface area contributed by atoms with Gasteiger partial charge in [-0.1, -0.05) is 41.6 Å². The summed E-state index contributed by atoms with van der Waals surface area (Å²) in [6, 6.07) is 13.0. The molecule has 0 radical (unpaired) electrons. The molecule has 1 amide bonds. The van der Waals surface area contributed by atoms with E-state index in [2.05, 4.69) is 10.5 Å². The summed E-state index contributed by atoms with van der Waals surface area (Å²) in [6.45, 7) is 5.51. The molecule has 0 aliphatic heterocycles. The normalized spacial score (nSPS) is 11.3. The first-order valence-corrected chi connectivity index (χ1v) is 6.70. The predicted octanol–water partition coefficient (Wildman–Crippen LogP) is 3.75. The second-order valence-corrected chi connectivity index (χ2v) is 4.95. The molecule has 2 N–H and O–H groups in total. The third kappa shape index (κ3) is 3.11. The second kappa shape index (κ2) is 6.22. The van der Waals surface area contributed by atoms with Gasteiger partial charge >= 0.3 is 0 Å². The third-order valence-electron chi connectivity index (χ3n) is 3.42. The number of oxime groups is 1. The molecule has 0 saturated carbocycles. The lowest BCUT2D eigenvalue weighted by Crippen LogP contribution is -2.16. The molecule has 2 rings (SSSR count). The van der Waals surface area contributed by atoms with Gasteiger partial charge in [0.1, 0.15) is 0 Å². The Morgan fingerprint density at radius 3 is 2.29 bits per heavy atom. The van der Waals surface area contributed by atoms with Gasteiger partial charge in [-0.05, 0) is 38.0 Å². The SMILES string of the molecule is C/C(=N/O)c1ccccc1NC(=O)c1c(C)cccc1C. The number of rotatable bonds is 3. The highest BCUT2D eigenvalue weighted by Crippen LogP contribution is 2.20. The molecule has 21 heavy (non-hydrogen) atoms. The molecule has 4 heteroatoms. The Bertz CT molecular complexity index is 685. The summed E-state index contributed by atoms with van der Waals surface area (Å²) in [7, 11) is 0. The number of nitrogens with zero attached hydrogens (tertiary/aromatic N) is 1. The Morgan fingerprint density at radius 2 is 1.67 bits per heavy atom. The standard InChI is InChI=1S/C17H18N2O2/c1-11-7-6-8-12(2)16(11)17(20)18-15-10-5-4-9-14(15)13(3)19-21/h4-10,21H,1-3H3,(H,18,20)/b19-13-. The Morgan fingerprint density at radius 1 is 1.05 bits per heavy atom. The Kier molecular flexibility index (Phi) is 4.38. The minimum absolute atomic E-state index is 0.163. The van der Waals surface area contributed by atoms with Gasteiger partial charge in [0.25, 0.3) is 5.91 Å². The molecule has 0 aromatic heterocycles. The average Bonchev–Trinajstić information content (AvgIpc) is 2.47. The van der Waals surface area contributed by atoms with E-state index in [9.17, 15) is 4.79 Å². The highest BCUT2D eigenvalue weighted by Gasteiger charge is 2.14. The van der Waals surface area contributed by atoms with E-state index in [1.54, 1.807) is 19.1 Å². The summed E-state index contributed by atoms with van der Waals surface area (Å²) in [5, 5.41) is 15.0. The number of carbonyl (C=O) groups is 1. The van der Waals surface area contributed by atoms with Gasteiger partial charge in [-0.2, -0.15) is 0 Å². The quantitative estimate of drug-likeness (QED) is 0.511. The topological polar surface area (TPSA) is 61.7 Å².